The van der Waals surface area contributed by atoms with Crippen molar-refractivity contribution in [1.29, 1.82) is 5.26 Å². The van der Waals surface area contributed by atoms with Gasteiger partial charge in [-0.1, -0.05) is 0 Å². The normalized spacial score (nSPS) is 6.14. The number of rotatable bonds is 1. The van der Waals surface area contributed by atoms with Crippen LogP contribution in [0.25, 0.3) is 0 Å². The average molecular weight is 98.1 g/mol. The number of aldehydes is 1. The maximum absolute atomic E-state index is 9.71. The molecule has 0 bridgehead atoms. The lowest BCUT2D eigenvalue weighted by molar-refractivity contribution is -0.130. The van der Waals surface area contributed by atoms with Gasteiger partial charge in [0, 0.05) is 0 Å². The third-order valence-corrected chi connectivity index (χ3v) is 0.286. The lowest BCUT2D eigenvalue weighted by Gasteiger charge is -1.75. The van der Waals surface area contributed by atoms with E-state index in [2.05, 4.69) is 0 Å². The number of nitriles is 1. The molecule has 4 heteroatoms. The van der Waals surface area contributed by atoms with Gasteiger partial charge in [-0.2, -0.15) is 5.26 Å². The number of hydrogen-bond donors (Lipinski definition) is 1. The SMILES string of the molecule is N#CNC(=O)C=O. The molecule has 0 heterocycles. The zero-order valence-electron chi connectivity index (χ0n) is 3.34. The van der Waals surface area contributed by atoms with E-state index in [0.717, 1.165) is 0 Å². The second kappa shape index (κ2) is 2.85. The largest absolute Gasteiger partial charge is 0.297 e. The summed E-state index contributed by atoms with van der Waals surface area (Å²) in [5.41, 5.74) is 0. The van der Waals surface area contributed by atoms with Crippen molar-refractivity contribution in [2.75, 3.05) is 0 Å². The fraction of sp³-hybridized carbons (Fsp3) is 0. The van der Waals surface area contributed by atoms with E-state index in [-0.39, 0.29) is 6.29 Å². The Morgan fingerprint density at radius 2 is 2.43 bits per heavy atom. The quantitative estimate of drug-likeness (QED) is 0.193. The number of carbonyl (C=O) groups excluding carboxylic acids is 2. The van der Waals surface area contributed by atoms with Crippen LogP contribution in [-0.2, 0) is 9.59 Å². The van der Waals surface area contributed by atoms with E-state index in [1.165, 1.54) is 6.19 Å². The molecule has 1 N–H and O–H groups in total. The van der Waals surface area contributed by atoms with Gasteiger partial charge in [0.15, 0.2) is 6.19 Å². The van der Waals surface area contributed by atoms with E-state index in [9.17, 15) is 9.59 Å². The third-order valence-electron chi connectivity index (χ3n) is 0.286. The van der Waals surface area contributed by atoms with Crippen LogP contribution >= 0.6 is 0 Å². The van der Waals surface area contributed by atoms with E-state index in [0.29, 0.717) is 0 Å². The monoisotopic (exact) mass is 98.0 g/mol. The molecule has 0 aliphatic rings. The Morgan fingerprint density at radius 3 is 2.57 bits per heavy atom. The van der Waals surface area contributed by atoms with E-state index in [4.69, 9.17) is 5.26 Å². The summed E-state index contributed by atoms with van der Waals surface area (Å²) < 4.78 is 0. The molecular formula is C3H2N2O2. The maximum Gasteiger partial charge on any atom is 0.297 e. The molecule has 0 spiro atoms. The van der Waals surface area contributed by atoms with Gasteiger partial charge < -0.3 is 0 Å². The molecule has 0 rings (SSSR count). The molecule has 0 saturated carbocycles. The van der Waals surface area contributed by atoms with Crippen molar-refractivity contribution >= 4 is 12.2 Å². The molecule has 0 saturated heterocycles. The molecule has 0 atom stereocenters. The van der Waals surface area contributed by atoms with Crippen molar-refractivity contribution in [3.05, 3.63) is 0 Å². The lowest BCUT2D eigenvalue weighted by atomic mass is 10.7. The third kappa shape index (κ3) is 2.43. The first-order chi connectivity index (χ1) is 3.31. The Hall–Kier alpha value is -1.37. The summed E-state index contributed by atoms with van der Waals surface area (Å²) in [6.45, 7) is 0. The Morgan fingerprint density at radius 1 is 1.86 bits per heavy atom. The molecule has 0 aromatic rings. The zero-order chi connectivity index (χ0) is 5.70. The minimum Gasteiger partial charge on any atom is -0.292 e. The molecule has 0 aromatic carbocycles. The van der Waals surface area contributed by atoms with E-state index >= 15 is 0 Å². The number of nitrogens with one attached hydrogen (secondary N) is 1. The van der Waals surface area contributed by atoms with Crippen LogP contribution in [-0.4, -0.2) is 12.2 Å². The van der Waals surface area contributed by atoms with Crippen LogP contribution in [0.3, 0.4) is 0 Å². The minimum absolute atomic E-state index is 0.0310. The van der Waals surface area contributed by atoms with Crippen LogP contribution in [0.4, 0.5) is 0 Å². The second-order valence-corrected chi connectivity index (χ2v) is 0.719. The molecule has 0 unspecified atom stereocenters. The zero-order valence-corrected chi connectivity index (χ0v) is 3.34. The highest BCUT2D eigenvalue weighted by molar-refractivity contribution is 6.24. The predicted molar refractivity (Wildman–Crippen MR) is 19.8 cm³/mol. The van der Waals surface area contributed by atoms with Crippen molar-refractivity contribution in [1.82, 2.24) is 5.32 Å². The summed E-state index contributed by atoms with van der Waals surface area (Å²) in [5, 5.41) is 9.22. The van der Waals surface area contributed by atoms with Gasteiger partial charge in [0.25, 0.3) is 5.91 Å². The first-order valence-electron chi connectivity index (χ1n) is 1.45. The van der Waals surface area contributed by atoms with Crippen molar-refractivity contribution < 1.29 is 9.59 Å². The smallest absolute Gasteiger partial charge is 0.292 e. The van der Waals surface area contributed by atoms with Gasteiger partial charge in [0.2, 0.25) is 6.29 Å². The Bertz CT molecular complexity index is 123. The topological polar surface area (TPSA) is 70.0 Å². The minimum atomic E-state index is -0.914. The van der Waals surface area contributed by atoms with E-state index in [1.54, 1.807) is 5.32 Å². The van der Waals surface area contributed by atoms with Crippen molar-refractivity contribution in [3.8, 4) is 6.19 Å². The summed E-state index contributed by atoms with van der Waals surface area (Å²) in [6, 6.07) is 0. The number of amides is 1. The van der Waals surface area contributed by atoms with Gasteiger partial charge in [0.1, 0.15) is 0 Å². The average Bonchev–Trinajstić information content (AvgIpc) is 1.68. The number of nitrogens with zero attached hydrogens (tertiary/aromatic N) is 1. The van der Waals surface area contributed by atoms with Crippen LogP contribution in [0.2, 0.25) is 0 Å². The predicted octanol–water partition coefficient (Wildman–Crippen LogP) is -1.22. The Balaban J connectivity index is 3.42. The Kier molecular flexibility index (Phi) is 2.29. The molecule has 0 aromatic heterocycles. The van der Waals surface area contributed by atoms with E-state index < -0.39 is 5.91 Å². The standard InChI is InChI=1S/C3H2N2O2/c4-2-5-3(7)1-6/h1H,(H,5,7). The van der Waals surface area contributed by atoms with Crippen molar-refractivity contribution in [3.63, 3.8) is 0 Å². The van der Waals surface area contributed by atoms with Crippen LogP contribution in [0.1, 0.15) is 0 Å². The van der Waals surface area contributed by atoms with Gasteiger partial charge in [-0.25, -0.2) is 0 Å². The highest BCUT2D eigenvalue weighted by Crippen LogP contribution is 1.47. The lowest BCUT2D eigenvalue weighted by Crippen LogP contribution is -2.17. The van der Waals surface area contributed by atoms with Crippen LogP contribution in [0, 0.1) is 11.5 Å². The first-order valence-corrected chi connectivity index (χ1v) is 1.45. The molecule has 0 aliphatic heterocycles. The first kappa shape index (κ1) is 5.63. The highest BCUT2D eigenvalue weighted by Gasteiger charge is 1.89. The number of hydrogen-bond acceptors (Lipinski definition) is 3. The summed E-state index contributed by atoms with van der Waals surface area (Å²) >= 11 is 0. The highest BCUT2D eigenvalue weighted by atomic mass is 16.2. The Labute approximate surface area is 39.7 Å². The molecule has 1 amide bonds. The molecular weight excluding hydrogens is 96.0 g/mol. The maximum atomic E-state index is 9.71. The molecule has 36 valence electrons. The fourth-order valence-corrected chi connectivity index (χ4v) is 0.0846. The van der Waals surface area contributed by atoms with Crippen LogP contribution < -0.4 is 5.32 Å². The van der Waals surface area contributed by atoms with Crippen LogP contribution in [0.5, 0.6) is 0 Å². The van der Waals surface area contributed by atoms with Gasteiger partial charge >= 0.3 is 0 Å². The molecule has 4 nitrogen and oxygen atoms in total. The fourth-order valence-electron chi connectivity index (χ4n) is 0.0846. The van der Waals surface area contributed by atoms with Gasteiger partial charge in [-0.05, 0) is 0 Å². The van der Waals surface area contributed by atoms with E-state index in [1.807, 2.05) is 0 Å². The summed E-state index contributed by atoms with van der Waals surface area (Å²) in [6.07, 6.45) is 1.32. The molecule has 0 radical (unpaired) electrons. The molecule has 0 fully saturated rings. The molecule has 7 heavy (non-hydrogen) atoms. The van der Waals surface area contributed by atoms with Crippen molar-refractivity contribution in [2.24, 2.45) is 0 Å². The second-order valence-electron chi connectivity index (χ2n) is 0.719. The van der Waals surface area contributed by atoms with Gasteiger partial charge in [-0.3, -0.25) is 14.9 Å². The molecule has 0 aliphatic carbocycles. The van der Waals surface area contributed by atoms with Crippen LogP contribution in [0.15, 0.2) is 0 Å². The summed E-state index contributed by atoms with van der Waals surface area (Å²) in [4.78, 5) is 19.0. The van der Waals surface area contributed by atoms with Gasteiger partial charge in [-0.15, -0.1) is 0 Å². The van der Waals surface area contributed by atoms with Crippen molar-refractivity contribution in [2.45, 2.75) is 0 Å². The summed E-state index contributed by atoms with van der Waals surface area (Å²) in [7, 11) is 0. The van der Waals surface area contributed by atoms with Gasteiger partial charge in [0.05, 0.1) is 0 Å². The number of carbonyl (C=O) groups is 2. The summed E-state index contributed by atoms with van der Waals surface area (Å²) in [5.74, 6) is -0.914.